The van der Waals surface area contributed by atoms with Crippen LogP contribution in [0.25, 0.3) is 60.5 Å². The summed E-state index contributed by atoms with van der Waals surface area (Å²) in [6.07, 6.45) is 13.8. The van der Waals surface area contributed by atoms with Gasteiger partial charge in [0.2, 0.25) is 0 Å². The van der Waals surface area contributed by atoms with Gasteiger partial charge in [0.1, 0.15) is 11.5 Å². The van der Waals surface area contributed by atoms with Crippen molar-refractivity contribution >= 4 is 27.1 Å². The second-order valence-electron chi connectivity index (χ2n) is 20.9. The van der Waals surface area contributed by atoms with Crippen molar-refractivity contribution in [3.05, 3.63) is 232 Å². The smallest absolute Gasteiger partial charge is 0.134 e. The fourth-order valence-corrected chi connectivity index (χ4v) is 12.1. The second kappa shape index (κ2) is 16.3. The van der Waals surface area contributed by atoms with E-state index in [1.807, 2.05) is 13.0 Å². The number of aryl methyl sites for hydroxylation is 1. The van der Waals surface area contributed by atoms with Crippen LogP contribution in [-0.4, -0.2) is 0 Å². The molecule has 0 radical (unpaired) electrons. The van der Waals surface area contributed by atoms with E-state index >= 15 is 0 Å². The van der Waals surface area contributed by atoms with Gasteiger partial charge in [0, 0.05) is 27.4 Å². The van der Waals surface area contributed by atoms with E-state index in [-0.39, 0.29) is 16.2 Å². The highest BCUT2D eigenvalue weighted by molar-refractivity contribution is 6.21. The Labute approximate surface area is 399 Å². The van der Waals surface area contributed by atoms with Crippen LogP contribution in [-0.2, 0) is 27.4 Å². The van der Waals surface area contributed by atoms with Gasteiger partial charge in [-0.3, -0.25) is 0 Å². The zero-order chi connectivity index (χ0) is 47.2. The van der Waals surface area contributed by atoms with E-state index in [9.17, 15) is 0 Å². The summed E-state index contributed by atoms with van der Waals surface area (Å²) < 4.78 is 6.84. The van der Waals surface area contributed by atoms with Gasteiger partial charge in [-0.05, 0) is 155 Å². The predicted octanol–water partition coefficient (Wildman–Crippen LogP) is 18.0. The molecular formula is C66H64O. The summed E-state index contributed by atoms with van der Waals surface area (Å²) in [5.41, 5.74) is 21.6. The quantitative estimate of drug-likeness (QED) is 0.138. The van der Waals surface area contributed by atoms with Gasteiger partial charge < -0.3 is 4.74 Å². The Balaban J connectivity index is 1.13. The van der Waals surface area contributed by atoms with Crippen LogP contribution in [0, 0.1) is 12.8 Å². The molecule has 0 saturated heterocycles. The van der Waals surface area contributed by atoms with Crippen LogP contribution in [0.5, 0.6) is 0 Å². The van der Waals surface area contributed by atoms with Crippen LogP contribution in [0.4, 0.5) is 0 Å². The minimum Gasteiger partial charge on any atom is -0.456 e. The maximum absolute atomic E-state index is 6.84. The predicted molar refractivity (Wildman–Crippen MR) is 288 cm³/mol. The standard InChI is InChI=1S/C66H64O/c1-13-22-43-31-34-55-63(59(37-40(4)5)67-58(43)15-3)51-33-30-45(39-57(51)66(55,11)12)62-48-26-19-17-24-46(48)61(47-25-18-20-27-49(47)62)44-29-32-50-56(38-44)65(9,10)54-36-35-52(41(6)60(50)54)64(7,8)53-28-21-16-23-42(53)14-2/h13,15-40H,3,14H2,1-2,4-12H3/b22-13-,34-31-,58-43-,59-37-. The summed E-state index contributed by atoms with van der Waals surface area (Å²) >= 11 is 0. The molecule has 10 rings (SSSR count). The molecule has 1 nitrogen and oxygen atoms in total. The van der Waals surface area contributed by atoms with Crippen molar-refractivity contribution in [2.24, 2.45) is 5.92 Å². The van der Waals surface area contributed by atoms with E-state index < -0.39 is 0 Å². The summed E-state index contributed by atoms with van der Waals surface area (Å²) in [4.78, 5) is 0. The lowest BCUT2D eigenvalue weighted by molar-refractivity contribution is 0.333. The van der Waals surface area contributed by atoms with Crippen LogP contribution in [0.15, 0.2) is 187 Å². The molecule has 0 aromatic heterocycles. The minimum absolute atomic E-state index is 0.135. The second-order valence-corrected chi connectivity index (χ2v) is 20.9. The summed E-state index contributed by atoms with van der Waals surface area (Å²) in [5, 5.41) is 5.05. The lowest BCUT2D eigenvalue weighted by Gasteiger charge is -2.32. The Morgan fingerprint density at radius 3 is 1.78 bits per heavy atom. The van der Waals surface area contributed by atoms with Crippen molar-refractivity contribution in [3.8, 4) is 33.4 Å². The van der Waals surface area contributed by atoms with E-state index in [4.69, 9.17) is 4.74 Å². The average Bonchev–Trinajstić information content (AvgIpc) is 3.68. The molecule has 2 aliphatic carbocycles. The molecule has 0 N–H and O–H groups in total. The van der Waals surface area contributed by atoms with E-state index in [2.05, 4.69) is 228 Å². The van der Waals surface area contributed by atoms with Gasteiger partial charge in [-0.25, -0.2) is 0 Å². The van der Waals surface area contributed by atoms with Gasteiger partial charge in [-0.2, -0.15) is 0 Å². The number of hydrogen-bond donors (Lipinski definition) is 0. The highest BCUT2D eigenvalue weighted by atomic mass is 16.5. The fraction of sp³-hybridized carbons (Fsp3) is 0.242. The zero-order valence-electron chi connectivity index (χ0n) is 41.4. The van der Waals surface area contributed by atoms with Gasteiger partial charge >= 0.3 is 0 Å². The lowest BCUT2D eigenvalue weighted by Crippen LogP contribution is -2.23. The molecule has 0 unspecified atom stereocenters. The number of ether oxygens (including phenoxy) is 1. The number of benzene rings is 7. The van der Waals surface area contributed by atoms with Crippen molar-refractivity contribution in [2.45, 2.75) is 98.8 Å². The summed E-state index contributed by atoms with van der Waals surface area (Å²) in [6.45, 7) is 29.6. The van der Waals surface area contributed by atoms with E-state index in [1.165, 1.54) is 111 Å². The number of allylic oxidation sites excluding steroid dienone is 9. The first-order valence-corrected chi connectivity index (χ1v) is 24.4. The van der Waals surface area contributed by atoms with Crippen LogP contribution < -0.4 is 0 Å². The Kier molecular flexibility index (Phi) is 10.7. The normalized spacial score (nSPS) is 18.2. The number of fused-ring (bicyclic) bond motifs is 7. The van der Waals surface area contributed by atoms with Gasteiger partial charge in [0.25, 0.3) is 0 Å². The molecule has 1 heterocycles. The van der Waals surface area contributed by atoms with Gasteiger partial charge in [0.05, 0.1) is 0 Å². The van der Waals surface area contributed by atoms with Crippen molar-refractivity contribution < 1.29 is 4.74 Å². The maximum atomic E-state index is 6.84. The Morgan fingerprint density at radius 1 is 0.642 bits per heavy atom. The van der Waals surface area contributed by atoms with Crippen molar-refractivity contribution in [1.82, 2.24) is 0 Å². The molecule has 0 atom stereocenters. The molecule has 7 aromatic rings. The van der Waals surface area contributed by atoms with E-state index in [0.717, 1.165) is 23.5 Å². The molecule has 67 heavy (non-hydrogen) atoms. The highest BCUT2D eigenvalue weighted by Gasteiger charge is 2.41. The van der Waals surface area contributed by atoms with Crippen LogP contribution in [0.3, 0.4) is 0 Å². The largest absolute Gasteiger partial charge is 0.456 e. The molecule has 1 heteroatoms. The third kappa shape index (κ3) is 6.79. The summed E-state index contributed by atoms with van der Waals surface area (Å²) in [6, 6.07) is 46.5. The van der Waals surface area contributed by atoms with Crippen LogP contribution >= 0.6 is 0 Å². The van der Waals surface area contributed by atoms with Crippen LogP contribution in [0.2, 0.25) is 0 Å². The molecule has 3 aliphatic rings. The van der Waals surface area contributed by atoms with E-state index in [0.29, 0.717) is 5.92 Å². The number of rotatable bonds is 8. The van der Waals surface area contributed by atoms with E-state index in [1.54, 1.807) is 0 Å². The first-order chi connectivity index (χ1) is 32.1. The maximum Gasteiger partial charge on any atom is 0.134 e. The van der Waals surface area contributed by atoms with Gasteiger partial charge in [-0.15, -0.1) is 0 Å². The minimum atomic E-state index is -0.279. The Morgan fingerprint density at radius 2 is 1.21 bits per heavy atom. The Bertz CT molecular complexity index is 3320. The average molecular weight is 873 g/mol. The lowest BCUT2D eigenvalue weighted by atomic mass is 9.72. The summed E-state index contributed by atoms with van der Waals surface area (Å²) in [5.74, 6) is 1.95. The molecule has 0 fully saturated rings. The fourth-order valence-electron chi connectivity index (χ4n) is 12.1. The topological polar surface area (TPSA) is 9.23 Å². The molecule has 334 valence electrons. The number of hydrogen-bond acceptors (Lipinski definition) is 1. The highest BCUT2D eigenvalue weighted by Crippen LogP contribution is 2.56. The molecule has 1 aliphatic heterocycles. The SMILES string of the molecule is C=C/C1=C(\C=C/C)/C=C\C2=C(C(=C/C(C)C)/O1)c1ccc(-c3c4ccccc4c(-c4ccc5c(c4)C(C)(C)c4ccc(C(C)(C)c6ccccc6CC)c(C)c4-5)c4ccccc34)cc1C2(C)C. The van der Waals surface area contributed by atoms with Crippen LogP contribution in [0.1, 0.15) is 114 Å². The van der Waals surface area contributed by atoms with Crippen molar-refractivity contribution in [3.63, 3.8) is 0 Å². The summed E-state index contributed by atoms with van der Waals surface area (Å²) in [7, 11) is 0. The zero-order valence-corrected chi connectivity index (χ0v) is 41.4. The third-order valence-corrected chi connectivity index (χ3v) is 15.5. The molecule has 0 amide bonds. The molecule has 0 spiro atoms. The molecule has 7 aromatic carbocycles. The third-order valence-electron chi connectivity index (χ3n) is 15.5. The van der Waals surface area contributed by atoms with Crippen molar-refractivity contribution in [2.75, 3.05) is 0 Å². The Hall–Kier alpha value is -6.70. The molecule has 0 bridgehead atoms. The molecular weight excluding hydrogens is 809 g/mol. The van der Waals surface area contributed by atoms with Gasteiger partial charge in [0.15, 0.2) is 0 Å². The molecule has 0 saturated carbocycles. The first-order valence-electron chi connectivity index (χ1n) is 24.4. The first kappa shape index (κ1) is 44.2. The van der Waals surface area contributed by atoms with Gasteiger partial charge in [-0.1, -0.05) is 202 Å². The monoisotopic (exact) mass is 872 g/mol. The van der Waals surface area contributed by atoms with Crippen molar-refractivity contribution in [1.29, 1.82) is 0 Å².